The molecule has 3 aromatic carbocycles. The Morgan fingerprint density at radius 2 is 1.53 bits per heavy atom. The lowest BCUT2D eigenvalue weighted by molar-refractivity contribution is 0.763. The number of hydrogen-bond donors (Lipinski definition) is 0. The van der Waals surface area contributed by atoms with Crippen molar-refractivity contribution in [2.45, 2.75) is 6.92 Å². The summed E-state index contributed by atoms with van der Waals surface area (Å²) in [5, 5.41) is 11.2. The Kier molecular flexibility index (Phi) is 1.47. The van der Waals surface area contributed by atoms with Crippen LogP contribution in [0.15, 0.2) is 36.4 Å². The molecule has 2 heteroatoms. The van der Waals surface area contributed by atoms with Gasteiger partial charge in [-0.05, 0) is 29.1 Å². The third-order valence-corrected chi connectivity index (χ3v) is 3.68. The molecule has 4 rings (SSSR count). The molecular weight excluding hydrogens is 208 g/mol. The molecule has 82 valence electrons. The van der Waals surface area contributed by atoms with Gasteiger partial charge in [-0.2, -0.15) is 5.10 Å². The minimum absolute atomic E-state index is 1.09. The number of aromatic nitrogens is 2. The molecule has 17 heavy (non-hydrogen) atoms. The molecule has 0 aliphatic carbocycles. The van der Waals surface area contributed by atoms with E-state index in [2.05, 4.69) is 48.4 Å². The molecule has 0 spiro atoms. The highest BCUT2D eigenvalue weighted by Crippen LogP contribution is 2.35. The second-order valence-corrected chi connectivity index (χ2v) is 4.67. The third kappa shape index (κ3) is 0.978. The Labute approximate surface area is 98.8 Å². The van der Waals surface area contributed by atoms with E-state index in [0.29, 0.717) is 0 Å². The van der Waals surface area contributed by atoms with Gasteiger partial charge in [0.1, 0.15) is 0 Å². The summed E-state index contributed by atoms with van der Waals surface area (Å²) < 4.78 is 1.98. The van der Waals surface area contributed by atoms with Gasteiger partial charge in [-0.25, -0.2) is 0 Å². The van der Waals surface area contributed by atoms with Crippen LogP contribution in [0.1, 0.15) is 5.69 Å². The van der Waals surface area contributed by atoms with Gasteiger partial charge in [-0.1, -0.05) is 30.3 Å². The average molecular weight is 220 g/mol. The van der Waals surface area contributed by atoms with E-state index in [1.54, 1.807) is 0 Å². The lowest BCUT2D eigenvalue weighted by Gasteiger charge is -2.12. The smallest absolute Gasteiger partial charge is 0.0676 e. The van der Waals surface area contributed by atoms with Gasteiger partial charge in [-0.3, -0.25) is 4.68 Å². The van der Waals surface area contributed by atoms with Crippen molar-refractivity contribution >= 4 is 32.4 Å². The molecule has 0 N–H and O–H groups in total. The van der Waals surface area contributed by atoms with Crippen molar-refractivity contribution in [3.8, 4) is 0 Å². The first-order chi connectivity index (χ1) is 8.25. The predicted octanol–water partition coefficient (Wildman–Crippen LogP) is 3.63. The fraction of sp³-hybridized carbons (Fsp3) is 0.133. The maximum absolute atomic E-state index is 4.56. The molecule has 2 nitrogen and oxygen atoms in total. The molecule has 0 radical (unpaired) electrons. The van der Waals surface area contributed by atoms with Gasteiger partial charge in [-0.15, -0.1) is 0 Å². The molecule has 0 atom stereocenters. The highest BCUT2D eigenvalue weighted by molar-refractivity contribution is 6.23. The van der Waals surface area contributed by atoms with Crippen LogP contribution >= 0.6 is 0 Å². The molecule has 0 saturated heterocycles. The van der Waals surface area contributed by atoms with Crippen LogP contribution in [-0.2, 0) is 7.05 Å². The van der Waals surface area contributed by atoms with Crippen molar-refractivity contribution in [2.75, 3.05) is 0 Å². The van der Waals surface area contributed by atoms with Gasteiger partial charge >= 0.3 is 0 Å². The molecule has 1 aromatic heterocycles. The minimum Gasteiger partial charge on any atom is -0.268 e. The molecule has 0 aliphatic heterocycles. The van der Waals surface area contributed by atoms with E-state index >= 15 is 0 Å². The normalized spacial score (nSPS) is 12.1. The van der Waals surface area contributed by atoms with Crippen molar-refractivity contribution < 1.29 is 0 Å². The Morgan fingerprint density at radius 1 is 0.882 bits per heavy atom. The molecule has 4 aromatic rings. The van der Waals surface area contributed by atoms with E-state index in [9.17, 15) is 0 Å². The van der Waals surface area contributed by atoms with Crippen molar-refractivity contribution in [1.29, 1.82) is 0 Å². The van der Waals surface area contributed by atoms with Gasteiger partial charge in [0, 0.05) is 17.8 Å². The Morgan fingerprint density at radius 3 is 2.29 bits per heavy atom. The van der Waals surface area contributed by atoms with Crippen LogP contribution in [0, 0.1) is 6.92 Å². The van der Waals surface area contributed by atoms with Gasteiger partial charge in [0.2, 0.25) is 0 Å². The van der Waals surface area contributed by atoms with Crippen molar-refractivity contribution in [1.82, 2.24) is 9.78 Å². The molecule has 0 fully saturated rings. The summed E-state index contributed by atoms with van der Waals surface area (Å²) in [5.41, 5.74) is 2.30. The maximum atomic E-state index is 4.56. The van der Waals surface area contributed by atoms with E-state index in [4.69, 9.17) is 0 Å². The number of aryl methyl sites for hydroxylation is 2. The zero-order valence-electron chi connectivity index (χ0n) is 9.86. The van der Waals surface area contributed by atoms with E-state index in [-0.39, 0.29) is 0 Å². The van der Waals surface area contributed by atoms with E-state index in [0.717, 1.165) is 5.69 Å². The average Bonchev–Trinajstić information content (AvgIpc) is 2.74. The first-order valence-corrected chi connectivity index (χ1v) is 5.83. The lowest BCUT2D eigenvalue weighted by atomic mass is 10.0. The summed E-state index contributed by atoms with van der Waals surface area (Å²) in [6.07, 6.45) is 0. The van der Waals surface area contributed by atoms with Gasteiger partial charge in [0.15, 0.2) is 0 Å². The zero-order chi connectivity index (χ0) is 11.6. The van der Waals surface area contributed by atoms with Crippen molar-refractivity contribution in [2.24, 2.45) is 7.05 Å². The second-order valence-electron chi connectivity index (χ2n) is 4.67. The van der Waals surface area contributed by atoms with Crippen LogP contribution in [0.2, 0.25) is 0 Å². The summed E-state index contributed by atoms with van der Waals surface area (Å²) in [6, 6.07) is 13.1. The van der Waals surface area contributed by atoms with Gasteiger partial charge in [0.25, 0.3) is 0 Å². The maximum Gasteiger partial charge on any atom is 0.0676 e. The highest BCUT2D eigenvalue weighted by atomic mass is 15.2. The molecule has 0 amide bonds. The van der Waals surface area contributed by atoms with Crippen molar-refractivity contribution in [3.05, 3.63) is 42.1 Å². The summed E-state index contributed by atoms with van der Waals surface area (Å²) in [5.74, 6) is 0. The molecule has 0 aliphatic rings. The van der Waals surface area contributed by atoms with E-state index < -0.39 is 0 Å². The largest absolute Gasteiger partial charge is 0.268 e. The SMILES string of the molecule is Cc1nn(C)c2ccc3ccc4ccc1c2c43. The second kappa shape index (κ2) is 2.77. The quantitative estimate of drug-likeness (QED) is 0.442. The van der Waals surface area contributed by atoms with Crippen LogP contribution in [0.5, 0.6) is 0 Å². The summed E-state index contributed by atoms with van der Waals surface area (Å²) in [4.78, 5) is 0. The van der Waals surface area contributed by atoms with E-state index in [1.807, 2.05) is 11.7 Å². The summed E-state index contributed by atoms with van der Waals surface area (Å²) >= 11 is 0. The van der Waals surface area contributed by atoms with Gasteiger partial charge in [0.05, 0.1) is 11.2 Å². The van der Waals surface area contributed by atoms with Crippen LogP contribution < -0.4 is 0 Å². The third-order valence-electron chi connectivity index (χ3n) is 3.68. The number of rotatable bonds is 0. The number of nitrogens with zero attached hydrogens (tertiary/aromatic N) is 2. The Hall–Kier alpha value is -2.09. The first-order valence-electron chi connectivity index (χ1n) is 5.83. The predicted molar refractivity (Wildman–Crippen MR) is 71.6 cm³/mol. The van der Waals surface area contributed by atoms with Gasteiger partial charge < -0.3 is 0 Å². The summed E-state index contributed by atoms with van der Waals surface area (Å²) in [6.45, 7) is 2.08. The van der Waals surface area contributed by atoms with Crippen LogP contribution in [0.25, 0.3) is 32.4 Å². The van der Waals surface area contributed by atoms with Crippen LogP contribution in [-0.4, -0.2) is 9.78 Å². The van der Waals surface area contributed by atoms with E-state index in [1.165, 1.54) is 32.4 Å². The fourth-order valence-corrected chi connectivity index (χ4v) is 2.89. The molecular formula is C15H12N2. The standard InChI is InChI=1S/C15H12N2/c1-9-12-7-5-10-3-4-11-6-8-13(17(2)16-9)15(12)14(10)11/h3-8H,1-2H3. The number of benzene rings is 2. The first kappa shape index (κ1) is 8.99. The van der Waals surface area contributed by atoms with Crippen LogP contribution in [0.3, 0.4) is 0 Å². The molecule has 0 unspecified atom stereocenters. The molecule has 0 bridgehead atoms. The topological polar surface area (TPSA) is 17.8 Å². The molecule has 0 saturated carbocycles. The van der Waals surface area contributed by atoms with Crippen molar-refractivity contribution in [3.63, 3.8) is 0 Å². The summed E-state index contributed by atoms with van der Waals surface area (Å²) in [7, 11) is 2.01. The zero-order valence-corrected chi connectivity index (χ0v) is 9.86. The lowest BCUT2D eigenvalue weighted by Crippen LogP contribution is -2.02. The Bertz CT molecular complexity index is 789. The van der Waals surface area contributed by atoms with Crippen LogP contribution in [0.4, 0.5) is 0 Å². The Balaban J connectivity index is 2.50. The minimum atomic E-state index is 1.09. The highest BCUT2D eigenvalue weighted by Gasteiger charge is 2.11. The monoisotopic (exact) mass is 220 g/mol. The number of hydrogen-bond acceptors (Lipinski definition) is 1. The fourth-order valence-electron chi connectivity index (χ4n) is 2.89. The molecule has 1 heterocycles.